The van der Waals surface area contributed by atoms with Gasteiger partial charge in [-0.2, -0.15) is 0 Å². The first kappa shape index (κ1) is 20.2. The van der Waals surface area contributed by atoms with Crippen molar-refractivity contribution in [2.24, 2.45) is 5.92 Å². The van der Waals surface area contributed by atoms with Crippen molar-refractivity contribution in [1.82, 2.24) is 5.32 Å². The predicted molar refractivity (Wildman–Crippen MR) is 86.4 cm³/mol. The molecule has 0 spiro atoms. The Morgan fingerprint density at radius 3 is 2.33 bits per heavy atom. The molecular weight excluding hydrogens is 337 g/mol. The molecule has 0 saturated heterocycles. The highest BCUT2D eigenvalue weighted by atomic mass is 31.2. The van der Waals surface area contributed by atoms with Crippen molar-refractivity contribution in [3.8, 4) is 5.75 Å². The zero-order valence-corrected chi connectivity index (χ0v) is 14.9. The van der Waals surface area contributed by atoms with Gasteiger partial charge in [0.05, 0.1) is 11.5 Å². The van der Waals surface area contributed by atoms with Gasteiger partial charge >= 0.3 is 13.8 Å². The molecule has 1 aromatic rings. The van der Waals surface area contributed by atoms with Crippen molar-refractivity contribution in [3.63, 3.8) is 0 Å². The molecular formula is C15H22NO7P. The van der Waals surface area contributed by atoms with Crippen LogP contribution >= 0.6 is 7.82 Å². The molecule has 0 aliphatic carbocycles. The van der Waals surface area contributed by atoms with Crippen molar-refractivity contribution >= 4 is 19.7 Å². The number of carbonyl (C=O) groups excluding carboxylic acids is 2. The molecule has 1 amide bonds. The maximum Gasteiger partial charge on any atom is 0.524 e. The molecule has 8 nitrogen and oxygen atoms in total. The van der Waals surface area contributed by atoms with Crippen LogP contribution in [0.1, 0.15) is 43.6 Å². The van der Waals surface area contributed by atoms with Crippen molar-refractivity contribution in [3.05, 3.63) is 29.3 Å². The lowest BCUT2D eigenvalue weighted by atomic mass is 10.1. The zero-order valence-electron chi connectivity index (χ0n) is 14.0. The summed E-state index contributed by atoms with van der Waals surface area (Å²) in [7, 11) is -4.85. The monoisotopic (exact) mass is 359 g/mol. The van der Waals surface area contributed by atoms with Gasteiger partial charge in [-0.25, -0.2) is 4.57 Å². The minimum atomic E-state index is -4.85. The van der Waals surface area contributed by atoms with Crippen LogP contribution in [0.5, 0.6) is 5.75 Å². The fourth-order valence-electron chi connectivity index (χ4n) is 1.71. The third kappa shape index (κ3) is 6.70. The summed E-state index contributed by atoms with van der Waals surface area (Å²) in [5, 5.41) is 2.61. The van der Waals surface area contributed by atoms with E-state index in [1.54, 1.807) is 27.7 Å². The van der Waals surface area contributed by atoms with Gasteiger partial charge in [0.25, 0.3) is 5.91 Å². The summed E-state index contributed by atoms with van der Waals surface area (Å²) in [6, 6.07) is 3.99. The van der Waals surface area contributed by atoms with Crippen LogP contribution in [0, 0.1) is 5.92 Å². The lowest BCUT2D eigenvalue weighted by Gasteiger charge is -2.15. The van der Waals surface area contributed by atoms with E-state index in [2.05, 4.69) is 9.84 Å². The topological polar surface area (TPSA) is 122 Å². The van der Waals surface area contributed by atoms with E-state index in [-0.39, 0.29) is 29.9 Å². The Bertz CT molecular complexity index is 651. The molecule has 0 aliphatic heterocycles. The van der Waals surface area contributed by atoms with E-state index in [9.17, 15) is 14.2 Å². The van der Waals surface area contributed by atoms with E-state index in [0.29, 0.717) is 5.56 Å². The predicted octanol–water partition coefficient (Wildman–Crippen LogP) is 2.00. The molecule has 0 atom stereocenters. The van der Waals surface area contributed by atoms with Gasteiger partial charge in [0.2, 0.25) is 0 Å². The van der Waals surface area contributed by atoms with Crippen LogP contribution in [-0.2, 0) is 20.7 Å². The van der Waals surface area contributed by atoms with Crippen molar-refractivity contribution < 1.29 is 33.2 Å². The normalized spacial score (nSPS) is 11.5. The van der Waals surface area contributed by atoms with Crippen molar-refractivity contribution in [2.75, 3.05) is 0 Å². The molecule has 0 unspecified atom stereocenters. The van der Waals surface area contributed by atoms with Gasteiger partial charge in [-0.3, -0.25) is 19.4 Å². The highest BCUT2D eigenvalue weighted by molar-refractivity contribution is 7.46. The summed E-state index contributed by atoms with van der Waals surface area (Å²) in [5.74, 6) is -1.51. The Labute approximate surface area is 140 Å². The van der Waals surface area contributed by atoms with E-state index in [1.807, 2.05) is 0 Å². The molecule has 0 heterocycles. The second kappa shape index (κ2) is 8.28. The molecule has 0 saturated carbocycles. The summed E-state index contributed by atoms with van der Waals surface area (Å²) in [5.41, 5.74) is 0.416. The van der Waals surface area contributed by atoms with Gasteiger partial charge in [-0.15, -0.1) is 0 Å². The second-order valence-corrected chi connectivity index (χ2v) is 6.97. The average molecular weight is 359 g/mol. The van der Waals surface area contributed by atoms with Gasteiger partial charge in [0, 0.05) is 6.04 Å². The number of esters is 1. The molecule has 9 heteroatoms. The molecule has 0 aliphatic rings. The second-order valence-electron chi connectivity index (χ2n) is 5.80. The van der Waals surface area contributed by atoms with E-state index >= 15 is 0 Å². The largest absolute Gasteiger partial charge is 0.524 e. The van der Waals surface area contributed by atoms with Crippen LogP contribution in [0.25, 0.3) is 0 Å². The Hall–Kier alpha value is -1.89. The number of carbonyl (C=O) groups is 2. The number of phosphoric acid groups is 1. The number of amides is 1. The highest BCUT2D eigenvalue weighted by Gasteiger charge is 2.22. The quantitative estimate of drug-likeness (QED) is 0.503. The maximum absolute atomic E-state index is 12.1. The summed E-state index contributed by atoms with van der Waals surface area (Å²) < 4.78 is 20.8. The number of phosphoric ester groups is 1. The third-order valence-electron chi connectivity index (χ3n) is 2.78. The lowest BCUT2D eigenvalue weighted by Crippen LogP contribution is -2.30. The van der Waals surface area contributed by atoms with Crippen LogP contribution in [0.2, 0.25) is 0 Å². The Balaban J connectivity index is 3.06. The van der Waals surface area contributed by atoms with Gasteiger partial charge < -0.3 is 14.6 Å². The Kier molecular flexibility index (Phi) is 6.95. The summed E-state index contributed by atoms with van der Waals surface area (Å²) in [4.78, 5) is 41.6. The molecule has 134 valence electrons. The SMILES string of the molecule is CC(C)NC(=O)c1ccc(COC(=O)C(C)C)cc1OP(=O)(O)O. The minimum absolute atomic E-state index is 0.0223. The number of benzene rings is 1. The van der Waals surface area contributed by atoms with Gasteiger partial charge in [-0.05, 0) is 31.5 Å². The summed E-state index contributed by atoms with van der Waals surface area (Å²) in [6.45, 7) is 6.77. The number of ether oxygens (including phenoxy) is 1. The fourth-order valence-corrected chi connectivity index (χ4v) is 2.12. The first-order chi connectivity index (χ1) is 11.0. The van der Waals surface area contributed by atoms with E-state index in [0.717, 1.165) is 0 Å². The summed E-state index contributed by atoms with van der Waals surface area (Å²) in [6.07, 6.45) is 0. The molecule has 24 heavy (non-hydrogen) atoms. The van der Waals surface area contributed by atoms with E-state index in [4.69, 9.17) is 14.5 Å². The lowest BCUT2D eigenvalue weighted by molar-refractivity contribution is -0.148. The Morgan fingerprint density at radius 2 is 1.83 bits per heavy atom. The van der Waals surface area contributed by atoms with Crippen molar-refractivity contribution in [1.29, 1.82) is 0 Å². The van der Waals surface area contributed by atoms with Gasteiger partial charge in [-0.1, -0.05) is 19.9 Å². The molecule has 0 radical (unpaired) electrons. The number of hydrogen-bond acceptors (Lipinski definition) is 5. The molecule has 1 aromatic carbocycles. The van der Waals surface area contributed by atoms with E-state index in [1.165, 1.54) is 18.2 Å². The fraction of sp³-hybridized carbons (Fsp3) is 0.467. The van der Waals surface area contributed by atoms with Crippen LogP contribution in [0.3, 0.4) is 0 Å². The molecule has 0 fully saturated rings. The van der Waals surface area contributed by atoms with Gasteiger partial charge in [0.15, 0.2) is 0 Å². The molecule has 0 bridgehead atoms. The Morgan fingerprint density at radius 1 is 1.21 bits per heavy atom. The standard InChI is InChI=1S/C15H22NO7P/c1-9(2)15(18)22-8-11-5-6-12(14(17)16-10(3)4)13(7-11)23-24(19,20)21/h5-7,9-10H,8H2,1-4H3,(H,16,17)(H2,19,20,21). The summed E-state index contributed by atoms with van der Waals surface area (Å²) >= 11 is 0. The number of hydrogen-bond donors (Lipinski definition) is 3. The third-order valence-corrected chi connectivity index (χ3v) is 3.21. The van der Waals surface area contributed by atoms with E-state index < -0.39 is 19.7 Å². The number of nitrogens with one attached hydrogen (secondary N) is 1. The zero-order chi connectivity index (χ0) is 18.5. The molecule has 0 aromatic heterocycles. The van der Waals surface area contributed by atoms with Crippen LogP contribution in [0.4, 0.5) is 0 Å². The molecule has 3 N–H and O–H groups in total. The van der Waals surface area contributed by atoms with Crippen LogP contribution < -0.4 is 9.84 Å². The maximum atomic E-state index is 12.1. The smallest absolute Gasteiger partial charge is 0.461 e. The first-order valence-electron chi connectivity index (χ1n) is 7.35. The van der Waals surface area contributed by atoms with Gasteiger partial charge in [0.1, 0.15) is 12.4 Å². The first-order valence-corrected chi connectivity index (χ1v) is 8.88. The number of rotatable bonds is 7. The minimum Gasteiger partial charge on any atom is -0.461 e. The van der Waals surface area contributed by atoms with Crippen LogP contribution in [-0.4, -0.2) is 27.7 Å². The highest BCUT2D eigenvalue weighted by Crippen LogP contribution is 2.39. The average Bonchev–Trinajstić information content (AvgIpc) is 2.42. The van der Waals surface area contributed by atoms with Crippen LogP contribution in [0.15, 0.2) is 18.2 Å². The van der Waals surface area contributed by atoms with Crippen molar-refractivity contribution in [2.45, 2.75) is 40.3 Å². The molecule has 1 rings (SSSR count).